The molecule has 0 amide bonds. The Balaban J connectivity index is 2.11. The molecule has 0 spiro atoms. The van der Waals surface area contributed by atoms with Crippen LogP contribution < -0.4 is 5.32 Å². The Bertz CT molecular complexity index is 514. The van der Waals surface area contributed by atoms with Gasteiger partial charge in [0.05, 0.1) is 0 Å². The first-order chi connectivity index (χ1) is 8.69. The Morgan fingerprint density at radius 3 is 2.44 bits per heavy atom. The Morgan fingerprint density at radius 2 is 1.78 bits per heavy atom. The molecule has 1 nitrogen and oxygen atoms in total. The van der Waals surface area contributed by atoms with E-state index in [1.165, 1.54) is 23.3 Å². The molecule has 2 aromatic carbocycles. The predicted octanol–water partition coefficient (Wildman–Crippen LogP) is 4.31. The van der Waals surface area contributed by atoms with Gasteiger partial charge in [-0.2, -0.15) is 0 Å². The summed E-state index contributed by atoms with van der Waals surface area (Å²) in [5.41, 5.74) is 4.36. The second-order valence-corrected chi connectivity index (χ2v) is 4.49. The number of hydrogen-bond donors (Lipinski definition) is 1. The van der Waals surface area contributed by atoms with Crippen LogP contribution in [-0.2, 0) is 13.0 Å². The molecular formula is C16H18FN. The van der Waals surface area contributed by atoms with E-state index in [9.17, 15) is 4.39 Å². The van der Waals surface area contributed by atoms with Crippen LogP contribution in [0.1, 0.15) is 23.6 Å². The van der Waals surface area contributed by atoms with E-state index in [1.54, 1.807) is 0 Å². The Morgan fingerprint density at radius 1 is 1.06 bits per heavy atom. The maximum absolute atomic E-state index is 13.3. The first-order valence-electron chi connectivity index (χ1n) is 6.27. The fourth-order valence-electron chi connectivity index (χ4n) is 2.11. The number of hydrogen-bond acceptors (Lipinski definition) is 1. The molecule has 1 N–H and O–H groups in total. The highest BCUT2D eigenvalue weighted by Gasteiger charge is 2.01. The van der Waals surface area contributed by atoms with Crippen LogP contribution in [0.15, 0.2) is 42.5 Å². The summed E-state index contributed by atoms with van der Waals surface area (Å²) in [6, 6.07) is 13.3. The quantitative estimate of drug-likeness (QED) is 0.843. The first-order valence-corrected chi connectivity index (χ1v) is 6.27. The molecule has 0 bridgehead atoms. The van der Waals surface area contributed by atoms with Gasteiger partial charge >= 0.3 is 0 Å². The smallest absolute Gasteiger partial charge is 0.125 e. The molecule has 0 fully saturated rings. The van der Waals surface area contributed by atoms with Crippen molar-refractivity contribution in [2.45, 2.75) is 26.8 Å². The molecule has 0 atom stereocenters. The summed E-state index contributed by atoms with van der Waals surface area (Å²) in [6.45, 7) is 4.77. The molecule has 0 saturated heterocycles. The van der Waals surface area contributed by atoms with E-state index >= 15 is 0 Å². The van der Waals surface area contributed by atoms with Crippen molar-refractivity contribution in [1.29, 1.82) is 0 Å². The van der Waals surface area contributed by atoms with Crippen LogP contribution in [0, 0.1) is 12.7 Å². The first kappa shape index (κ1) is 12.6. The van der Waals surface area contributed by atoms with Gasteiger partial charge < -0.3 is 5.32 Å². The summed E-state index contributed by atoms with van der Waals surface area (Å²) in [5.74, 6) is -0.193. The third kappa shape index (κ3) is 3.10. The van der Waals surface area contributed by atoms with E-state index < -0.39 is 0 Å². The van der Waals surface area contributed by atoms with Crippen molar-refractivity contribution in [3.63, 3.8) is 0 Å². The molecule has 0 saturated carbocycles. The monoisotopic (exact) mass is 243 g/mol. The average Bonchev–Trinajstić information content (AvgIpc) is 2.35. The van der Waals surface area contributed by atoms with Crippen LogP contribution >= 0.6 is 0 Å². The molecule has 0 aliphatic carbocycles. The lowest BCUT2D eigenvalue weighted by molar-refractivity contribution is 0.627. The number of aryl methyl sites for hydroxylation is 2. The van der Waals surface area contributed by atoms with Gasteiger partial charge in [0.25, 0.3) is 0 Å². The molecule has 0 aromatic heterocycles. The van der Waals surface area contributed by atoms with Gasteiger partial charge in [-0.3, -0.25) is 0 Å². The van der Waals surface area contributed by atoms with Crippen molar-refractivity contribution in [2.75, 3.05) is 5.32 Å². The maximum Gasteiger partial charge on any atom is 0.125 e. The molecule has 0 radical (unpaired) electrons. The third-order valence-electron chi connectivity index (χ3n) is 3.02. The third-order valence-corrected chi connectivity index (χ3v) is 3.02. The zero-order valence-corrected chi connectivity index (χ0v) is 10.8. The highest BCUT2D eigenvalue weighted by atomic mass is 19.1. The minimum atomic E-state index is -0.193. The molecule has 0 heterocycles. The van der Waals surface area contributed by atoms with Gasteiger partial charge in [0.1, 0.15) is 5.82 Å². The lowest BCUT2D eigenvalue weighted by atomic mass is 10.1. The zero-order valence-electron chi connectivity index (χ0n) is 10.8. The number of benzene rings is 2. The molecule has 18 heavy (non-hydrogen) atoms. The molecule has 2 aromatic rings. The van der Waals surface area contributed by atoms with E-state index in [0.717, 1.165) is 24.2 Å². The van der Waals surface area contributed by atoms with Gasteiger partial charge in [-0.25, -0.2) is 4.39 Å². The lowest BCUT2D eigenvalue weighted by Crippen LogP contribution is -2.03. The number of rotatable bonds is 4. The summed E-state index contributed by atoms with van der Waals surface area (Å²) in [4.78, 5) is 0. The van der Waals surface area contributed by atoms with Gasteiger partial charge in [-0.15, -0.1) is 0 Å². The van der Waals surface area contributed by atoms with Gasteiger partial charge in [0.2, 0.25) is 0 Å². The average molecular weight is 243 g/mol. The molecule has 2 heteroatoms. The molecule has 0 unspecified atom stereocenters. The largest absolute Gasteiger partial charge is 0.381 e. The van der Waals surface area contributed by atoms with Gasteiger partial charge in [-0.05, 0) is 48.2 Å². The number of halogens is 1. The molecule has 0 aliphatic rings. The van der Waals surface area contributed by atoms with Crippen molar-refractivity contribution < 1.29 is 4.39 Å². The van der Waals surface area contributed by atoms with E-state index in [4.69, 9.17) is 0 Å². The number of anilines is 1. The summed E-state index contributed by atoms with van der Waals surface area (Å²) >= 11 is 0. The lowest BCUT2D eigenvalue weighted by Gasteiger charge is -2.11. The molecule has 2 rings (SSSR count). The van der Waals surface area contributed by atoms with Crippen molar-refractivity contribution in [3.05, 3.63) is 65.0 Å². The van der Waals surface area contributed by atoms with Crippen LogP contribution in [0.5, 0.6) is 0 Å². The topological polar surface area (TPSA) is 12.0 Å². The minimum Gasteiger partial charge on any atom is -0.381 e. The van der Waals surface area contributed by atoms with Crippen LogP contribution in [0.3, 0.4) is 0 Å². The Labute approximate surface area is 108 Å². The number of nitrogens with one attached hydrogen (secondary N) is 1. The van der Waals surface area contributed by atoms with Gasteiger partial charge in [0, 0.05) is 12.2 Å². The van der Waals surface area contributed by atoms with Crippen molar-refractivity contribution in [1.82, 2.24) is 0 Å². The normalized spacial score (nSPS) is 10.4. The SMILES string of the molecule is CCc1ccccc1CNc1cc(C)cc(F)c1. The van der Waals surface area contributed by atoms with E-state index in [-0.39, 0.29) is 5.82 Å². The standard InChI is InChI=1S/C16H18FN/c1-3-13-6-4-5-7-14(13)11-18-16-9-12(2)8-15(17)10-16/h4-10,18H,3,11H2,1-2H3. The van der Waals surface area contributed by atoms with E-state index in [0.29, 0.717) is 0 Å². The second-order valence-electron chi connectivity index (χ2n) is 4.49. The van der Waals surface area contributed by atoms with Crippen LogP contribution in [0.4, 0.5) is 10.1 Å². The highest BCUT2D eigenvalue weighted by Crippen LogP contribution is 2.16. The molecular weight excluding hydrogens is 225 g/mol. The fourth-order valence-corrected chi connectivity index (χ4v) is 2.11. The second kappa shape index (κ2) is 5.67. The summed E-state index contributed by atoms with van der Waals surface area (Å²) in [5, 5.41) is 3.28. The van der Waals surface area contributed by atoms with Gasteiger partial charge in [0.15, 0.2) is 0 Å². The zero-order chi connectivity index (χ0) is 13.0. The van der Waals surface area contributed by atoms with Crippen molar-refractivity contribution in [2.24, 2.45) is 0 Å². The van der Waals surface area contributed by atoms with Crippen LogP contribution in [-0.4, -0.2) is 0 Å². The Hall–Kier alpha value is -1.83. The summed E-state index contributed by atoms with van der Waals surface area (Å²) < 4.78 is 13.3. The highest BCUT2D eigenvalue weighted by molar-refractivity contribution is 5.47. The predicted molar refractivity (Wildman–Crippen MR) is 74.3 cm³/mol. The summed E-state index contributed by atoms with van der Waals surface area (Å²) in [7, 11) is 0. The van der Waals surface area contributed by atoms with E-state index in [1.807, 2.05) is 19.1 Å². The molecule has 94 valence electrons. The van der Waals surface area contributed by atoms with E-state index in [2.05, 4.69) is 30.4 Å². The van der Waals surface area contributed by atoms with Crippen LogP contribution in [0.2, 0.25) is 0 Å². The summed E-state index contributed by atoms with van der Waals surface area (Å²) in [6.07, 6.45) is 1.01. The maximum atomic E-state index is 13.3. The van der Waals surface area contributed by atoms with Crippen molar-refractivity contribution >= 4 is 5.69 Å². The fraction of sp³-hybridized carbons (Fsp3) is 0.250. The van der Waals surface area contributed by atoms with Crippen LogP contribution in [0.25, 0.3) is 0 Å². The van der Waals surface area contributed by atoms with Gasteiger partial charge in [-0.1, -0.05) is 31.2 Å². The molecule has 0 aliphatic heterocycles. The minimum absolute atomic E-state index is 0.193. The van der Waals surface area contributed by atoms with Crippen molar-refractivity contribution in [3.8, 4) is 0 Å². The Kier molecular flexibility index (Phi) is 3.98.